The van der Waals surface area contributed by atoms with Crippen molar-refractivity contribution >= 4 is 23.0 Å². The molecule has 1 unspecified atom stereocenters. The lowest BCUT2D eigenvalue weighted by Gasteiger charge is -2.25. The number of hydrogen-bond acceptors (Lipinski definition) is 4. The predicted octanol–water partition coefficient (Wildman–Crippen LogP) is 2.33. The second-order valence-electron chi connectivity index (χ2n) is 4.51. The van der Waals surface area contributed by atoms with E-state index in [9.17, 15) is 13.2 Å². The molecule has 0 spiro atoms. The quantitative estimate of drug-likeness (QED) is 0.839. The zero-order chi connectivity index (χ0) is 14.8. The van der Waals surface area contributed by atoms with Crippen molar-refractivity contribution in [3.8, 4) is 0 Å². The van der Waals surface area contributed by atoms with Crippen molar-refractivity contribution in [3.05, 3.63) is 23.4 Å². The Morgan fingerprint density at radius 1 is 1.45 bits per heavy atom. The minimum Gasteiger partial charge on any atom is -0.389 e. The van der Waals surface area contributed by atoms with Crippen LogP contribution >= 0.6 is 12.2 Å². The van der Waals surface area contributed by atoms with Crippen molar-refractivity contribution in [2.75, 3.05) is 18.5 Å². The Bertz CT molecular complexity index is 501. The molecule has 2 heterocycles. The van der Waals surface area contributed by atoms with E-state index in [1.807, 2.05) is 0 Å². The van der Waals surface area contributed by atoms with Gasteiger partial charge in [0.1, 0.15) is 16.5 Å². The first-order valence-electron chi connectivity index (χ1n) is 6.10. The molecule has 2 rings (SSSR count). The van der Waals surface area contributed by atoms with E-state index in [4.69, 9.17) is 22.7 Å². The number of thiocarbonyl (C=S) groups is 1. The molecule has 4 nitrogen and oxygen atoms in total. The number of anilines is 1. The second kappa shape index (κ2) is 5.92. The minimum absolute atomic E-state index is 0.00505. The van der Waals surface area contributed by atoms with Gasteiger partial charge in [-0.05, 0) is 25.0 Å². The van der Waals surface area contributed by atoms with Crippen LogP contribution in [0.5, 0.6) is 0 Å². The van der Waals surface area contributed by atoms with Crippen molar-refractivity contribution in [3.63, 3.8) is 0 Å². The fourth-order valence-electron chi connectivity index (χ4n) is 1.97. The van der Waals surface area contributed by atoms with Crippen LogP contribution in [-0.2, 0) is 10.9 Å². The molecule has 1 atom stereocenters. The van der Waals surface area contributed by atoms with Crippen LogP contribution < -0.4 is 11.1 Å². The molecule has 1 aliphatic rings. The minimum atomic E-state index is -4.51. The first-order valence-corrected chi connectivity index (χ1v) is 6.51. The van der Waals surface area contributed by atoms with Crippen molar-refractivity contribution in [1.82, 2.24) is 4.98 Å². The molecular weight excluding hydrogens is 291 g/mol. The Morgan fingerprint density at radius 3 is 2.75 bits per heavy atom. The van der Waals surface area contributed by atoms with Crippen LogP contribution in [-0.4, -0.2) is 29.2 Å². The molecule has 0 amide bonds. The van der Waals surface area contributed by atoms with Gasteiger partial charge in [0.2, 0.25) is 0 Å². The van der Waals surface area contributed by atoms with Crippen molar-refractivity contribution < 1.29 is 17.9 Å². The van der Waals surface area contributed by atoms with Gasteiger partial charge in [0.15, 0.2) is 0 Å². The number of nitrogens with one attached hydrogen (secondary N) is 1. The van der Waals surface area contributed by atoms with Crippen molar-refractivity contribution in [2.24, 2.45) is 5.73 Å². The summed E-state index contributed by atoms with van der Waals surface area (Å²) in [6.07, 6.45) is -2.86. The average molecular weight is 305 g/mol. The van der Waals surface area contributed by atoms with Gasteiger partial charge in [-0.3, -0.25) is 0 Å². The summed E-state index contributed by atoms with van der Waals surface area (Å²) < 4.78 is 43.4. The summed E-state index contributed by atoms with van der Waals surface area (Å²) in [5.41, 5.74) is 4.85. The fraction of sp³-hybridized carbons (Fsp3) is 0.500. The van der Waals surface area contributed by atoms with Crippen LogP contribution in [0.3, 0.4) is 0 Å². The molecule has 0 radical (unpaired) electrons. The molecule has 3 N–H and O–H groups in total. The molecule has 0 aromatic carbocycles. The SMILES string of the molecule is NC(=S)c1ccc(C(F)(F)F)nc1NC1CCCOC1. The summed E-state index contributed by atoms with van der Waals surface area (Å²) in [5, 5.41) is 2.94. The topological polar surface area (TPSA) is 60.2 Å². The molecule has 0 aliphatic carbocycles. The van der Waals surface area contributed by atoms with Gasteiger partial charge < -0.3 is 15.8 Å². The smallest absolute Gasteiger partial charge is 0.389 e. The number of halogens is 3. The summed E-state index contributed by atoms with van der Waals surface area (Å²) in [6, 6.07) is 2.02. The second-order valence-corrected chi connectivity index (χ2v) is 4.95. The van der Waals surface area contributed by atoms with Gasteiger partial charge in [-0.1, -0.05) is 12.2 Å². The first-order chi connectivity index (χ1) is 9.38. The van der Waals surface area contributed by atoms with Gasteiger partial charge in [-0.25, -0.2) is 4.98 Å². The molecule has 20 heavy (non-hydrogen) atoms. The summed E-state index contributed by atoms with van der Waals surface area (Å²) in [4.78, 5) is 3.61. The lowest BCUT2D eigenvalue weighted by molar-refractivity contribution is -0.141. The predicted molar refractivity (Wildman–Crippen MR) is 72.6 cm³/mol. The molecule has 1 aromatic rings. The zero-order valence-corrected chi connectivity index (χ0v) is 11.4. The molecule has 1 fully saturated rings. The number of alkyl halides is 3. The Kier molecular flexibility index (Phi) is 4.44. The van der Waals surface area contributed by atoms with E-state index in [0.29, 0.717) is 18.8 Å². The Balaban J connectivity index is 2.29. The first kappa shape index (κ1) is 15.0. The summed E-state index contributed by atoms with van der Waals surface area (Å²) in [7, 11) is 0. The highest BCUT2D eigenvalue weighted by atomic mass is 32.1. The summed E-state index contributed by atoms with van der Waals surface area (Å²) in [6.45, 7) is 1.09. The molecule has 1 aromatic heterocycles. The zero-order valence-electron chi connectivity index (χ0n) is 10.5. The summed E-state index contributed by atoms with van der Waals surface area (Å²) >= 11 is 4.84. The average Bonchev–Trinajstić information content (AvgIpc) is 2.38. The van der Waals surface area contributed by atoms with Gasteiger partial charge in [0, 0.05) is 6.61 Å². The van der Waals surface area contributed by atoms with Gasteiger partial charge in [-0.2, -0.15) is 13.2 Å². The van der Waals surface area contributed by atoms with Crippen molar-refractivity contribution in [2.45, 2.75) is 25.1 Å². The van der Waals surface area contributed by atoms with Gasteiger partial charge in [-0.15, -0.1) is 0 Å². The molecular formula is C12H14F3N3OS. The van der Waals surface area contributed by atoms with Crippen LogP contribution in [0.1, 0.15) is 24.1 Å². The number of aromatic nitrogens is 1. The Hall–Kier alpha value is -1.41. The van der Waals surface area contributed by atoms with Gasteiger partial charge in [0.25, 0.3) is 0 Å². The monoisotopic (exact) mass is 305 g/mol. The normalized spacial score (nSPS) is 19.6. The third-order valence-corrected chi connectivity index (χ3v) is 3.17. The van der Waals surface area contributed by atoms with E-state index in [0.717, 1.165) is 18.9 Å². The molecule has 1 saturated heterocycles. The van der Waals surface area contributed by atoms with Gasteiger partial charge in [0.05, 0.1) is 18.2 Å². The highest BCUT2D eigenvalue weighted by molar-refractivity contribution is 7.80. The molecule has 8 heteroatoms. The number of nitrogens with zero attached hydrogens (tertiary/aromatic N) is 1. The number of pyridine rings is 1. The maximum atomic E-state index is 12.7. The highest BCUT2D eigenvalue weighted by Gasteiger charge is 2.33. The fourth-order valence-corrected chi connectivity index (χ4v) is 2.14. The van der Waals surface area contributed by atoms with E-state index in [2.05, 4.69) is 10.3 Å². The lowest BCUT2D eigenvalue weighted by Crippen LogP contribution is -2.31. The molecule has 0 saturated carbocycles. The number of nitrogens with two attached hydrogens (primary N) is 1. The van der Waals surface area contributed by atoms with E-state index >= 15 is 0 Å². The largest absolute Gasteiger partial charge is 0.433 e. The van der Waals surface area contributed by atoms with Crippen molar-refractivity contribution in [1.29, 1.82) is 0 Å². The van der Waals surface area contributed by atoms with Crippen LogP contribution in [0.25, 0.3) is 0 Å². The van der Waals surface area contributed by atoms with Gasteiger partial charge >= 0.3 is 6.18 Å². The Morgan fingerprint density at radius 2 is 2.20 bits per heavy atom. The van der Waals surface area contributed by atoms with E-state index in [-0.39, 0.29) is 16.8 Å². The van der Waals surface area contributed by atoms with Crippen LogP contribution in [0.4, 0.5) is 19.0 Å². The van der Waals surface area contributed by atoms with E-state index < -0.39 is 11.9 Å². The molecule has 0 bridgehead atoms. The maximum Gasteiger partial charge on any atom is 0.433 e. The van der Waals surface area contributed by atoms with Crippen LogP contribution in [0.2, 0.25) is 0 Å². The Labute approximate surface area is 119 Å². The van der Waals surface area contributed by atoms with Crippen LogP contribution in [0, 0.1) is 0 Å². The van der Waals surface area contributed by atoms with E-state index in [1.165, 1.54) is 6.07 Å². The third kappa shape index (κ3) is 3.57. The lowest BCUT2D eigenvalue weighted by atomic mass is 10.1. The summed E-state index contributed by atoms with van der Waals surface area (Å²) in [5.74, 6) is 0.0582. The molecule has 110 valence electrons. The standard InChI is InChI=1S/C12H14F3N3OS/c13-12(14,15)9-4-3-8(10(16)20)11(18-9)17-7-2-1-5-19-6-7/h3-4,7H,1-2,5-6H2,(H2,16,20)(H,17,18). The van der Waals surface area contributed by atoms with E-state index in [1.54, 1.807) is 0 Å². The maximum absolute atomic E-state index is 12.7. The number of hydrogen-bond donors (Lipinski definition) is 2. The number of ether oxygens (including phenoxy) is 1. The molecule has 1 aliphatic heterocycles. The highest BCUT2D eigenvalue weighted by Crippen LogP contribution is 2.30. The third-order valence-electron chi connectivity index (χ3n) is 2.95. The number of rotatable bonds is 3. The van der Waals surface area contributed by atoms with Crippen LogP contribution in [0.15, 0.2) is 12.1 Å².